The summed E-state index contributed by atoms with van der Waals surface area (Å²) < 4.78 is 6.21. The number of ether oxygens (including phenoxy) is 1. The number of carbonyl (C=O) groups excluding carboxylic acids is 1. The molecule has 0 saturated carbocycles. The fraction of sp³-hybridized carbons (Fsp3) is 0.400. The number of hydrogen-bond donors (Lipinski definition) is 2. The van der Waals surface area contributed by atoms with Crippen LogP contribution in [0, 0.1) is 3.57 Å². The van der Waals surface area contributed by atoms with Crippen LogP contribution in [0.4, 0.5) is 5.69 Å². The van der Waals surface area contributed by atoms with Gasteiger partial charge in [-0.3, -0.25) is 0 Å². The SMILES string of the molecule is C=CC(Nc1cccc(CO)c1I)C(=O)OC(C)(C)C. The van der Waals surface area contributed by atoms with Gasteiger partial charge in [-0.15, -0.1) is 6.58 Å². The smallest absolute Gasteiger partial charge is 0.333 e. The maximum atomic E-state index is 12.1. The predicted molar refractivity (Wildman–Crippen MR) is 88.5 cm³/mol. The third-order valence-electron chi connectivity index (χ3n) is 2.46. The molecule has 1 aromatic rings. The zero-order chi connectivity index (χ0) is 15.3. The number of anilines is 1. The lowest BCUT2D eigenvalue weighted by molar-refractivity contribution is -0.154. The lowest BCUT2D eigenvalue weighted by Gasteiger charge is -2.24. The lowest BCUT2D eigenvalue weighted by Crippen LogP contribution is -2.35. The van der Waals surface area contributed by atoms with Crippen LogP contribution in [0.3, 0.4) is 0 Å². The van der Waals surface area contributed by atoms with Crippen molar-refractivity contribution in [2.24, 2.45) is 0 Å². The Morgan fingerprint density at radius 2 is 2.20 bits per heavy atom. The Bertz CT molecular complexity index is 494. The lowest BCUT2D eigenvalue weighted by atomic mass is 10.1. The molecule has 0 amide bonds. The maximum absolute atomic E-state index is 12.1. The third kappa shape index (κ3) is 4.79. The number of esters is 1. The molecule has 1 atom stereocenters. The number of aliphatic hydroxyl groups excluding tert-OH is 1. The Balaban J connectivity index is 2.89. The zero-order valence-corrected chi connectivity index (χ0v) is 14.1. The van der Waals surface area contributed by atoms with Crippen molar-refractivity contribution in [2.75, 3.05) is 5.32 Å². The van der Waals surface area contributed by atoms with Crippen LogP contribution in [-0.4, -0.2) is 22.7 Å². The number of benzene rings is 1. The van der Waals surface area contributed by atoms with Gasteiger partial charge in [0.1, 0.15) is 11.6 Å². The quantitative estimate of drug-likeness (QED) is 0.462. The molecule has 0 fully saturated rings. The molecule has 0 radical (unpaired) electrons. The number of nitrogens with one attached hydrogen (secondary N) is 1. The van der Waals surface area contributed by atoms with Gasteiger partial charge in [-0.25, -0.2) is 4.79 Å². The van der Waals surface area contributed by atoms with Crippen molar-refractivity contribution in [1.29, 1.82) is 0 Å². The first-order valence-corrected chi connectivity index (χ1v) is 7.36. The van der Waals surface area contributed by atoms with E-state index in [4.69, 9.17) is 4.74 Å². The summed E-state index contributed by atoms with van der Waals surface area (Å²) in [6.45, 7) is 9.08. The maximum Gasteiger partial charge on any atom is 0.333 e. The number of carbonyl (C=O) groups is 1. The van der Waals surface area contributed by atoms with E-state index in [-0.39, 0.29) is 12.6 Å². The van der Waals surface area contributed by atoms with Crippen molar-refractivity contribution < 1.29 is 14.6 Å². The summed E-state index contributed by atoms with van der Waals surface area (Å²) in [5, 5.41) is 12.3. The van der Waals surface area contributed by atoms with E-state index in [0.29, 0.717) is 0 Å². The molecule has 0 heterocycles. The molecule has 0 aliphatic heterocycles. The van der Waals surface area contributed by atoms with Crippen LogP contribution in [0.15, 0.2) is 30.9 Å². The highest BCUT2D eigenvalue weighted by molar-refractivity contribution is 14.1. The van der Waals surface area contributed by atoms with Crippen LogP contribution in [0.2, 0.25) is 0 Å². The summed E-state index contributed by atoms with van der Waals surface area (Å²) in [4.78, 5) is 12.1. The molecular formula is C15H20INO3. The van der Waals surface area contributed by atoms with E-state index >= 15 is 0 Å². The molecule has 1 rings (SSSR count). The Morgan fingerprint density at radius 1 is 1.55 bits per heavy atom. The minimum Gasteiger partial charge on any atom is -0.458 e. The monoisotopic (exact) mass is 389 g/mol. The first-order valence-electron chi connectivity index (χ1n) is 6.28. The summed E-state index contributed by atoms with van der Waals surface area (Å²) in [5.74, 6) is -0.377. The van der Waals surface area contributed by atoms with E-state index in [9.17, 15) is 9.90 Å². The zero-order valence-electron chi connectivity index (χ0n) is 11.9. The molecule has 0 aliphatic rings. The van der Waals surface area contributed by atoms with Crippen LogP contribution in [0.25, 0.3) is 0 Å². The van der Waals surface area contributed by atoms with E-state index in [0.717, 1.165) is 14.8 Å². The second-order valence-electron chi connectivity index (χ2n) is 5.33. The molecule has 2 N–H and O–H groups in total. The second-order valence-corrected chi connectivity index (χ2v) is 6.41. The van der Waals surface area contributed by atoms with Crippen molar-refractivity contribution >= 4 is 34.2 Å². The Labute approximate surface area is 133 Å². The first-order chi connectivity index (χ1) is 9.28. The van der Waals surface area contributed by atoms with E-state index in [1.165, 1.54) is 6.08 Å². The van der Waals surface area contributed by atoms with Crippen molar-refractivity contribution in [3.8, 4) is 0 Å². The molecule has 110 valence electrons. The predicted octanol–water partition coefficient (Wildman–Crippen LogP) is 3.09. The average Bonchev–Trinajstić information content (AvgIpc) is 2.35. The molecule has 4 nitrogen and oxygen atoms in total. The van der Waals surface area contributed by atoms with Gasteiger partial charge in [0, 0.05) is 9.26 Å². The van der Waals surface area contributed by atoms with Gasteiger partial charge in [-0.05, 0) is 55.0 Å². The van der Waals surface area contributed by atoms with Gasteiger partial charge >= 0.3 is 5.97 Å². The van der Waals surface area contributed by atoms with Gasteiger partial charge in [-0.1, -0.05) is 18.2 Å². The first kappa shape index (κ1) is 17.0. The highest BCUT2D eigenvalue weighted by Crippen LogP contribution is 2.23. The second kappa shape index (κ2) is 7.08. The van der Waals surface area contributed by atoms with Gasteiger partial charge in [0.05, 0.1) is 6.61 Å². The fourth-order valence-corrected chi connectivity index (χ4v) is 2.25. The number of halogens is 1. The molecule has 1 unspecified atom stereocenters. The Morgan fingerprint density at radius 3 is 2.70 bits per heavy atom. The van der Waals surface area contributed by atoms with E-state index in [1.54, 1.807) is 0 Å². The van der Waals surface area contributed by atoms with Gasteiger partial charge in [0.25, 0.3) is 0 Å². The minimum absolute atomic E-state index is 0.0427. The van der Waals surface area contributed by atoms with Crippen LogP contribution < -0.4 is 5.32 Å². The highest BCUT2D eigenvalue weighted by Gasteiger charge is 2.23. The van der Waals surface area contributed by atoms with E-state index in [1.807, 2.05) is 39.0 Å². The average molecular weight is 389 g/mol. The summed E-state index contributed by atoms with van der Waals surface area (Å²) in [6.07, 6.45) is 1.51. The van der Waals surface area contributed by atoms with Crippen molar-refractivity contribution in [2.45, 2.75) is 39.0 Å². The molecule has 0 bridgehead atoms. The van der Waals surface area contributed by atoms with Crippen LogP contribution >= 0.6 is 22.6 Å². The van der Waals surface area contributed by atoms with Crippen molar-refractivity contribution in [3.63, 3.8) is 0 Å². The van der Waals surface area contributed by atoms with Crippen LogP contribution in [-0.2, 0) is 16.1 Å². The Hall–Kier alpha value is -1.08. The standard InChI is InChI=1S/C15H20INO3/c1-5-11(14(19)20-15(2,3)4)17-12-8-6-7-10(9-18)13(12)16/h5-8,11,17-18H,1,9H2,2-4H3. The normalized spacial score (nSPS) is 12.7. The van der Waals surface area contributed by atoms with Crippen LogP contribution in [0.5, 0.6) is 0 Å². The summed E-state index contributed by atoms with van der Waals surface area (Å²) in [7, 11) is 0. The number of rotatable bonds is 5. The van der Waals surface area contributed by atoms with Gasteiger partial charge in [0.15, 0.2) is 0 Å². The summed E-state index contributed by atoms with van der Waals surface area (Å²) >= 11 is 2.13. The van der Waals surface area contributed by atoms with Crippen molar-refractivity contribution in [3.05, 3.63) is 40.0 Å². The van der Waals surface area contributed by atoms with E-state index < -0.39 is 11.6 Å². The fourth-order valence-electron chi connectivity index (χ4n) is 1.56. The summed E-state index contributed by atoms with van der Waals surface area (Å²) in [6, 6.07) is 4.88. The van der Waals surface area contributed by atoms with Crippen molar-refractivity contribution in [1.82, 2.24) is 0 Å². The molecule has 20 heavy (non-hydrogen) atoms. The third-order valence-corrected chi connectivity index (χ3v) is 3.73. The molecule has 0 saturated heterocycles. The molecule has 0 spiro atoms. The largest absolute Gasteiger partial charge is 0.458 e. The van der Waals surface area contributed by atoms with E-state index in [2.05, 4.69) is 34.5 Å². The van der Waals surface area contributed by atoms with Crippen LogP contribution in [0.1, 0.15) is 26.3 Å². The molecular weight excluding hydrogens is 369 g/mol. The topological polar surface area (TPSA) is 58.6 Å². The van der Waals surface area contributed by atoms with Gasteiger partial charge < -0.3 is 15.2 Å². The molecule has 0 aromatic heterocycles. The molecule has 0 aliphatic carbocycles. The molecule has 5 heteroatoms. The number of hydrogen-bond acceptors (Lipinski definition) is 4. The highest BCUT2D eigenvalue weighted by atomic mass is 127. The Kier molecular flexibility index (Phi) is 6.01. The minimum atomic E-state index is -0.628. The number of aliphatic hydroxyl groups is 1. The summed E-state index contributed by atoms with van der Waals surface area (Å²) in [5.41, 5.74) is 1.04. The molecule has 1 aromatic carbocycles. The van der Waals surface area contributed by atoms with Gasteiger partial charge in [-0.2, -0.15) is 0 Å². The van der Waals surface area contributed by atoms with Gasteiger partial charge in [0.2, 0.25) is 0 Å².